The number of nitrogens with two attached hydrogens (primary N) is 1. The van der Waals surface area contributed by atoms with E-state index in [0.29, 0.717) is 6.42 Å². The first-order valence-electron chi connectivity index (χ1n) is 6.26. The van der Waals surface area contributed by atoms with Crippen LogP contribution in [0.25, 0.3) is 0 Å². The van der Waals surface area contributed by atoms with Gasteiger partial charge in [0.1, 0.15) is 6.04 Å². The van der Waals surface area contributed by atoms with Crippen LogP contribution < -0.4 is 5.73 Å². The number of hydrogen-bond donors (Lipinski definition) is 2. The van der Waals surface area contributed by atoms with Crippen molar-refractivity contribution in [3.8, 4) is 0 Å². The molecule has 0 aliphatic rings. The molecule has 98 valence electrons. The summed E-state index contributed by atoms with van der Waals surface area (Å²) in [5.41, 5.74) is 8.95. The van der Waals surface area contributed by atoms with E-state index in [1.165, 1.54) is 5.56 Å². The summed E-state index contributed by atoms with van der Waals surface area (Å²) in [4.78, 5) is 10.8. The van der Waals surface area contributed by atoms with Gasteiger partial charge < -0.3 is 10.8 Å². The summed E-state index contributed by atoms with van der Waals surface area (Å²) in [6.07, 6.45) is 1.15. The van der Waals surface area contributed by atoms with E-state index in [9.17, 15) is 4.79 Å². The minimum atomic E-state index is -0.963. The molecule has 0 aromatic heterocycles. The van der Waals surface area contributed by atoms with Crippen LogP contribution in [0.15, 0.2) is 54.6 Å². The molecule has 2 aromatic rings. The third-order valence-corrected chi connectivity index (χ3v) is 3.11. The van der Waals surface area contributed by atoms with Crippen molar-refractivity contribution in [2.24, 2.45) is 5.73 Å². The highest BCUT2D eigenvalue weighted by Gasteiger charge is 2.14. The zero-order valence-electron chi connectivity index (χ0n) is 10.6. The van der Waals surface area contributed by atoms with Gasteiger partial charge in [-0.25, -0.2) is 0 Å². The molecule has 0 aliphatic carbocycles. The number of hydrogen-bond acceptors (Lipinski definition) is 2. The molecule has 0 saturated carbocycles. The number of carboxylic acids is 1. The van der Waals surface area contributed by atoms with Gasteiger partial charge in [-0.05, 0) is 29.5 Å². The topological polar surface area (TPSA) is 63.3 Å². The molecule has 19 heavy (non-hydrogen) atoms. The van der Waals surface area contributed by atoms with Crippen molar-refractivity contribution in [2.75, 3.05) is 0 Å². The van der Waals surface area contributed by atoms with E-state index in [1.807, 2.05) is 42.5 Å². The Bertz CT molecular complexity index is 552. The maximum atomic E-state index is 10.8. The van der Waals surface area contributed by atoms with Crippen molar-refractivity contribution < 1.29 is 9.90 Å². The molecular formula is C16H17NO2. The lowest BCUT2D eigenvalue weighted by Crippen LogP contribution is -2.32. The maximum Gasteiger partial charge on any atom is 0.320 e. The van der Waals surface area contributed by atoms with E-state index in [0.717, 1.165) is 17.5 Å². The van der Waals surface area contributed by atoms with Crippen LogP contribution in [-0.4, -0.2) is 17.1 Å². The fourth-order valence-corrected chi connectivity index (χ4v) is 2.07. The van der Waals surface area contributed by atoms with Crippen LogP contribution in [-0.2, 0) is 17.6 Å². The Morgan fingerprint density at radius 3 is 2.21 bits per heavy atom. The quantitative estimate of drug-likeness (QED) is 0.861. The van der Waals surface area contributed by atoms with Gasteiger partial charge in [0.05, 0.1) is 0 Å². The third kappa shape index (κ3) is 3.66. The lowest BCUT2D eigenvalue weighted by atomic mass is 9.96. The highest BCUT2D eigenvalue weighted by molar-refractivity contribution is 5.73. The van der Waals surface area contributed by atoms with E-state index in [4.69, 9.17) is 10.8 Å². The van der Waals surface area contributed by atoms with E-state index in [-0.39, 0.29) is 0 Å². The van der Waals surface area contributed by atoms with Gasteiger partial charge in [-0.2, -0.15) is 0 Å². The van der Waals surface area contributed by atoms with Gasteiger partial charge >= 0.3 is 5.97 Å². The van der Waals surface area contributed by atoms with Crippen LogP contribution in [0.1, 0.15) is 16.7 Å². The predicted molar refractivity (Wildman–Crippen MR) is 75.0 cm³/mol. The molecule has 0 spiro atoms. The highest BCUT2D eigenvalue weighted by atomic mass is 16.4. The van der Waals surface area contributed by atoms with Gasteiger partial charge in [-0.1, -0.05) is 54.6 Å². The van der Waals surface area contributed by atoms with Crippen molar-refractivity contribution in [2.45, 2.75) is 18.9 Å². The summed E-state index contributed by atoms with van der Waals surface area (Å²) in [5, 5.41) is 8.90. The summed E-state index contributed by atoms with van der Waals surface area (Å²) >= 11 is 0. The first kappa shape index (κ1) is 13.3. The Morgan fingerprint density at radius 2 is 1.58 bits per heavy atom. The summed E-state index contributed by atoms with van der Waals surface area (Å²) in [6.45, 7) is 0. The summed E-state index contributed by atoms with van der Waals surface area (Å²) in [6, 6.07) is 17.1. The zero-order valence-corrected chi connectivity index (χ0v) is 10.6. The summed E-state index contributed by atoms with van der Waals surface area (Å²) in [5.74, 6) is -0.963. The molecule has 0 unspecified atom stereocenters. The van der Waals surface area contributed by atoms with Crippen LogP contribution in [0.2, 0.25) is 0 Å². The molecule has 3 nitrogen and oxygen atoms in total. The van der Waals surface area contributed by atoms with Gasteiger partial charge in [-0.15, -0.1) is 0 Å². The minimum absolute atomic E-state index is 0.359. The lowest BCUT2D eigenvalue weighted by Gasteiger charge is -2.12. The Morgan fingerprint density at radius 1 is 1.00 bits per heavy atom. The first-order valence-corrected chi connectivity index (χ1v) is 6.26. The smallest absolute Gasteiger partial charge is 0.320 e. The zero-order chi connectivity index (χ0) is 13.7. The second-order valence-corrected chi connectivity index (χ2v) is 4.58. The van der Waals surface area contributed by atoms with Gasteiger partial charge in [-0.3, -0.25) is 4.79 Å². The van der Waals surface area contributed by atoms with E-state index < -0.39 is 12.0 Å². The lowest BCUT2D eigenvalue weighted by molar-refractivity contribution is -0.138. The summed E-state index contributed by atoms with van der Waals surface area (Å²) < 4.78 is 0. The molecule has 2 aromatic carbocycles. The Labute approximate surface area is 112 Å². The van der Waals surface area contributed by atoms with Crippen molar-refractivity contribution in [1.82, 2.24) is 0 Å². The van der Waals surface area contributed by atoms with E-state index >= 15 is 0 Å². The van der Waals surface area contributed by atoms with Crippen molar-refractivity contribution in [3.05, 3.63) is 71.3 Å². The average Bonchev–Trinajstić information content (AvgIpc) is 2.42. The van der Waals surface area contributed by atoms with Crippen molar-refractivity contribution >= 4 is 5.97 Å². The van der Waals surface area contributed by atoms with Gasteiger partial charge in [0.25, 0.3) is 0 Å². The third-order valence-electron chi connectivity index (χ3n) is 3.11. The fourth-order valence-electron chi connectivity index (χ4n) is 2.07. The molecule has 0 saturated heterocycles. The van der Waals surface area contributed by atoms with Crippen molar-refractivity contribution in [3.63, 3.8) is 0 Å². The first-order chi connectivity index (χ1) is 9.16. The van der Waals surface area contributed by atoms with Gasteiger partial charge in [0.15, 0.2) is 0 Å². The maximum absolute atomic E-state index is 10.8. The molecule has 0 heterocycles. The standard InChI is InChI=1S/C16H17NO2/c17-15(16(18)19)11-14-9-5-4-8-13(14)10-12-6-2-1-3-7-12/h1-9,15H,10-11,17H2,(H,18,19)/t15-/m0/s1. The number of rotatable bonds is 5. The molecule has 0 bridgehead atoms. The van der Waals surface area contributed by atoms with Crippen LogP contribution in [0.4, 0.5) is 0 Å². The monoisotopic (exact) mass is 255 g/mol. The average molecular weight is 255 g/mol. The molecule has 0 radical (unpaired) electrons. The van der Waals surface area contributed by atoms with Crippen LogP contribution in [0.3, 0.4) is 0 Å². The second-order valence-electron chi connectivity index (χ2n) is 4.58. The Balaban J connectivity index is 2.19. The van der Waals surface area contributed by atoms with Crippen LogP contribution >= 0.6 is 0 Å². The SMILES string of the molecule is N[C@@H](Cc1ccccc1Cc1ccccc1)C(=O)O. The Kier molecular flexibility index (Phi) is 4.31. The Hall–Kier alpha value is -2.13. The van der Waals surface area contributed by atoms with Crippen LogP contribution in [0, 0.1) is 0 Å². The molecule has 0 amide bonds. The molecule has 0 fully saturated rings. The predicted octanol–water partition coefficient (Wildman–Crippen LogP) is 2.23. The summed E-state index contributed by atoms with van der Waals surface area (Å²) in [7, 11) is 0. The molecule has 3 N–H and O–H groups in total. The molecular weight excluding hydrogens is 238 g/mol. The molecule has 2 rings (SSSR count). The molecule has 3 heteroatoms. The number of benzene rings is 2. The van der Waals surface area contributed by atoms with Crippen LogP contribution in [0.5, 0.6) is 0 Å². The highest BCUT2D eigenvalue weighted by Crippen LogP contribution is 2.15. The van der Waals surface area contributed by atoms with E-state index in [2.05, 4.69) is 12.1 Å². The minimum Gasteiger partial charge on any atom is -0.480 e. The normalized spacial score (nSPS) is 12.1. The number of carbonyl (C=O) groups is 1. The number of carboxylic acid groups (broad SMARTS) is 1. The van der Waals surface area contributed by atoms with Crippen molar-refractivity contribution in [1.29, 1.82) is 0 Å². The molecule has 0 aliphatic heterocycles. The fraction of sp³-hybridized carbons (Fsp3) is 0.188. The second kappa shape index (κ2) is 6.16. The number of aliphatic carboxylic acids is 1. The van der Waals surface area contributed by atoms with Gasteiger partial charge in [0.2, 0.25) is 0 Å². The van der Waals surface area contributed by atoms with E-state index in [1.54, 1.807) is 0 Å². The van der Waals surface area contributed by atoms with Gasteiger partial charge in [0, 0.05) is 0 Å². The largest absolute Gasteiger partial charge is 0.480 e. The molecule has 1 atom stereocenters.